The molecule has 1 amide bonds. The molecular weight excluding hydrogens is 408 g/mol. The van der Waals surface area contributed by atoms with Crippen molar-refractivity contribution in [2.75, 3.05) is 18.4 Å². The van der Waals surface area contributed by atoms with Crippen molar-refractivity contribution in [2.45, 2.75) is 11.4 Å². The fourth-order valence-corrected chi connectivity index (χ4v) is 4.20. The van der Waals surface area contributed by atoms with Gasteiger partial charge in [0.2, 0.25) is 0 Å². The summed E-state index contributed by atoms with van der Waals surface area (Å²) in [6.07, 6.45) is 0. The Hall–Kier alpha value is -2.83. The van der Waals surface area contributed by atoms with Crippen LogP contribution < -0.4 is 4.31 Å². The second-order valence-corrected chi connectivity index (χ2v) is 9.03. The van der Waals surface area contributed by atoms with Crippen LogP contribution >= 0.6 is 11.6 Å². The second kappa shape index (κ2) is 8.68. The van der Waals surface area contributed by atoms with Crippen LogP contribution in [0.5, 0.6) is 0 Å². The first-order chi connectivity index (χ1) is 13.8. The zero-order chi connectivity index (χ0) is 21.0. The number of halogens is 1. The Kier molecular flexibility index (Phi) is 6.25. The zero-order valence-electron chi connectivity index (χ0n) is 16.1. The number of sulfonamides is 1. The van der Waals surface area contributed by atoms with Crippen molar-refractivity contribution < 1.29 is 13.2 Å². The van der Waals surface area contributed by atoms with E-state index in [0.717, 1.165) is 9.87 Å². The molecule has 0 aromatic heterocycles. The molecule has 0 heterocycles. The van der Waals surface area contributed by atoms with Crippen molar-refractivity contribution in [3.05, 3.63) is 95.0 Å². The highest BCUT2D eigenvalue weighted by molar-refractivity contribution is 7.92. The lowest BCUT2D eigenvalue weighted by Gasteiger charge is -2.21. The molecule has 0 N–H and O–H groups in total. The summed E-state index contributed by atoms with van der Waals surface area (Å²) >= 11 is 5.85. The van der Waals surface area contributed by atoms with Crippen molar-refractivity contribution in [3.63, 3.8) is 0 Å². The molecule has 0 aliphatic rings. The largest absolute Gasteiger partial charge is 0.337 e. The van der Waals surface area contributed by atoms with Crippen LogP contribution in [0.25, 0.3) is 0 Å². The van der Waals surface area contributed by atoms with Crippen LogP contribution in [0.1, 0.15) is 15.9 Å². The molecule has 0 unspecified atom stereocenters. The standard InChI is InChI=1S/C22H21ClN2O3S/c1-24(16-17-7-4-3-5-8-17)22(26)18-9-6-10-20(15-18)25(2)29(27,28)21-13-11-19(23)12-14-21/h3-15H,16H2,1-2H3. The number of benzene rings is 3. The van der Waals surface area contributed by atoms with Gasteiger partial charge in [0.05, 0.1) is 10.6 Å². The van der Waals surface area contributed by atoms with E-state index in [-0.39, 0.29) is 10.8 Å². The molecule has 0 bridgehead atoms. The van der Waals surface area contributed by atoms with E-state index in [1.54, 1.807) is 36.2 Å². The minimum atomic E-state index is -3.77. The Balaban J connectivity index is 1.83. The fourth-order valence-electron chi connectivity index (χ4n) is 2.89. The van der Waals surface area contributed by atoms with Gasteiger partial charge >= 0.3 is 0 Å². The van der Waals surface area contributed by atoms with Gasteiger partial charge in [-0.2, -0.15) is 0 Å². The molecule has 29 heavy (non-hydrogen) atoms. The highest BCUT2D eigenvalue weighted by Crippen LogP contribution is 2.24. The van der Waals surface area contributed by atoms with E-state index in [1.807, 2.05) is 30.3 Å². The first-order valence-electron chi connectivity index (χ1n) is 8.93. The Labute approximate surface area is 176 Å². The summed E-state index contributed by atoms with van der Waals surface area (Å²) in [5.74, 6) is -0.187. The monoisotopic (exact) mass is 428 g/mol. The molecule has 5 nitrogen and oxygen atoms in total. The number of amides is 1. The lowest BCUT2D eigenvalue weighted by molar-refractivity contribution is 0.0785. The maximum atomic E-state index is 12.9. The van der Waals surface area contributed by atoms with Crippen molar-refractivity contribution in [1.29, 1.82) is 0 Å². The molecule has 0 atom stereocenters. The molecule has 0 fully saturated rings. The number of carbonyl (C=O) groups excluding carboxylic acids is 1. The Morgan fingerprint density at radius 1 is 0.897 bits per heavy atom. The summed E-state index contributed by atoms with van der Waals surface area (Å²) < 4.78 is 26.9. The number of nitrogens with zero attached hydrogens (tertiary/aromatic N) is 2. The first kappa shape index (κ1) is 20.9. The van der Waals surface area contributed by atoms with Gasteiger partial charge in [0, 0.05) is 31.2 Å². The average molecular weight is 429 g/mol. The smallest absolute Gasteiger partial charge is 0.264 e. The van der Waals surface area contributed by atoms with Crippen LogP contribution in [-0.4, -0.2) is 33.3 Å². The van der Waals surface area contributed by atoms with Gasteiger partial charge in [-0.3, -0.25) is 9.10 Å². The average Bonchev–Trinajstić information content (AvgIpc) is 2.73. The van der Waals surface area contributed by atoms with Gasteiger partial charge in [-0.15, -0.1) is 0 Å². The predicted molar refractivity (Wildman–Crippen MR) is 116 cm³/mol. The lowest BCUT2D eigenvalue weighted by Crippen LogP contribution is -2.28. The van der Waals surface area contributed by atoms with Crippen LogP contribution in [0.15, 0.2) is 83.8 Å². The number of hydrogen-bond acceptors (Lipinski definition) is 3. The molecule has 0 saturated heterocycles. The zero-order valence-corrected chi connectivity index (χ0v) is 17.7. The molecular formula is C22H21ClN2O3S. The maximum Gasteiger partial charge on any atom is 0.264 e. The number of anilines is 1. The summed E-state index contributed by atoms with van der Waals surface area (Å²) in [6.45, 7) is 0.461. The minimum Gasteiger partial charge on any atom is -0.337 e. The van der Waals surface area contributed by atoms with Crippen LogP contribution in [-0.2, 0) is 16.6 Å². The molecule has 150 valence electrons. The molecule has 0 aliphatic heterocycles. The molecule has 0 saturated carbocycles. The Morgan fingerprint density at radius 3 is 2.21 bits per heavy atom. The third-order valence-electron chi connectivity index (χ3n) is 4.54. The first-order valence-corrected chi connectivity index (χ1v) is 10.7. The van der Waals surface area contributed by atoms with Crippen LogP contribution in [0.3, 0.4) is 0 Å². The van der Waals surface area contributed by atoms with Crippen LogP contribution in [0.4, 0.5) is 5.69 Å². The van der Waals surface area contributed by atoms with Gasteiger partial charge in [0.25, 0.3) is 15.9 Å². The molecule has 0 spiro atoms. The van der Waals surface area contributed by atoms with Gasteiger partial charge in [0.1, 0.15) is 0 Å². The van der Waals surface area contributed by atoms with E-state index in [2.05, 4.69) is 0 Å². The number of hydrogen-bond donors (Lipinski definition) is 0. The van der Waals surface area contributed by atoms with Gasteiger partial charge < -0.3 is 4.90 Å². The lowest BCUT2D eigenvalue weighted by atomic mass is 10.1. The Bertz CT molecular complexity index is 1100. The predicted octanol–water partition coefficient (Wildman–Crippen LogP) is 4.44. The van der Waals surface area contributed by atoms with Crippen molar-refractivity contribution >= 4 is 33.2 Å². The number of carbonyl (C=O) groups is 1. The highest BCUT2D eigenvalue weighted by atomic mass is 35.5. The Morgan fingerprint density at radius 2 is 1.55 bits per heavy atom. The molecule has 0 radical (unpaired) electrons. The van der Waals surface area contributed by atoms with Gasteiger partial charge in [-0.1, -0.05) is 48.0 Å². The number of rotatable bonds is 6. The maximum absolute atomic E-state index is 12.9. The summed E-state index contributed by atoms with van der Waals surface area (Å²) in [4.78, 5) is 14.6. The normalized spacial score (nSPS) is 11.1. The van der Waals surface area contributed by atoms with Gasteiger partial charge in [-0.05, 0) is 48.0 Å². The molecule has 3 rings (SSSR count). The van der Waals surface area contributed by atoms with Crippen LogP contribution in [0, 0.1) is 0 Å². The molecule has 3 aromatic rings. The topological polar surface area (TPSA) is 57.7 Å². The van der Waals surface area contributed by atoms with Crippen molar-refractivity contribution in [2.24, 2.45) is 0 Å². The minimum absolute atomic E-state index is 0.127. The quantitative estimate of drug-likeness (QED) is 0.583. The van der Waals surface area contributed by atoms with E-state index < -0.39 is 10.0 Å². The summed E-state index contributed by atoms with van der Waals surface area (Å²) in [5, 5.41) is 0.459. The third-order valence-corrected chi connectivity index (χ3v) is 6.59. The van der Waals surface area contributed by atoms with Gasteiger partial charge in [-0.25, -0.2) is 8.42 Å². The highest BCUT2D eigenvalue weighted by Gasteiger charge is 2.22. The van der Waals surface area contributed by atoms with E-state index in [9.17, 15) is 13.2 Å². The van der Waals surface area contributed by atoms with E-state index in [1.165, 1.54) is 31.3 Å². The van der Waals surface area contributed by atoms with Crippen molar-refractivity contribution in [1.82, 2.24) is 4.90 Å². The van der Waals surface area contributed by atoms with Gasteiger partial charge in [0.15, 0.2) is 0 Å². The second-order valence-electron chi connectivity index (χ2n) is 6.62. The summed E-state index contributed by atoms with van der Waals surface area (Å²) in [6, 6.07) is 22.2. The van der Waals surface area contributed by atoms with Crippen molar-refractivity contribution in [3.8, 4) is 0 Å². The van der Waals surface area contributed by atoms with Crippen LogP contribution in [0.2, 0.25) is 5.02 Å². The van der Waals surface area contributed by atoms with E-state index in [4.69, 9.17) is 11.6 Å². The fraction of sp³-hybridized carbons (Fsp3) is 0.136. The molecule has 7 heteroatoms. The molecule has 0 aliphatic carbocycles. The SMILES string of the molecule is CN(Cc1ccccc1)C(=O)c1cccc(N(C)S(=O)(=O)c2ccc(Cl)cc2)c1. The summed E-state index contributed by atoms with van der Waals surface area (Å²) in [7, 11) is -0.592. The van der Waals surface area contributed by atoms with E-state index >= 15 is 0 Å². The third kappa shape index (κ3) is 4.78. The summed E-state index contributed by atoms with van der Waals surface area (Å²) in [5.41, 5.74) is 1.83. The molecule has 3 aromatic carbocycles. The van der Waals surface area contributed by atoms with E-state index in [0.29, 0.717) is 22.8 Å².